The van der Waals surface area contributed by atoms with Crippen molar-refractivity contribution >= 4 is 9.05 Å². The average molecular weight is 441 g/mol. The molecule has 0 N–H and O–H groups in total. The van der Waals surface area contributed by atoms with Crippen LogP contribution in [0, 0.1) is 0 Å². The molecule has 0 aromatic heterocycles. The first-order chi connectivity index (χ1) is 13.7. The molecule has 29 heavy (non-hydrogen) atoms. The van der Waals surface area contributed by atoms with Crippen molar-refractivity contribution in [2.24, 2.45) is 0 Å². The van der Waals surface area contributed by atoms with Crippen molar-refractivity contribution in [1.82, 2.24) is 0 Å². The molecule has 0 saturated heterocycles. The van der Waals surface area contributed by atoms with Gasteiger partial charge in [-0.15, -0.1) is 0 Å². The first-order valence-electron chi connectivity index (χ1n) is 10.7. The second-order valence-corrected chi connectivity index (χ2v) is 9.73. The Morgan fingerprint density at radius 3 is 0.759 bits per heavy atom. The van der Waals surface area contributed by atoms with E-state index in [0.29, 0.717) is 52.9 Å². The summed E-state index contributed by atoms with van der Waals surface area (Å²) in [5.74, 6) is 0. The van der Waals surface area contributed by atoms with E-state index in [0.717, 1.165) is 0 Å². The van der Waals surface area contributed by atoms with E-state index in [9.17, 15) is 0 Å². The SMILES string of the molecule is CC(C)OCCO[Si](OCCOC(C)C)(OCCOC(C)C)OCCOC(C)C. The van der Waals surface area contributed by atoms with Gasteiger partial charge in [-0.3, -0.25) is 0 Å². The summed E-state index contributed by atoms with van der Waals surface area (Å²) in [6.45, 7) is 18.8. The van der Waals surface area contributed by atoms with Crippen LogP contribution in [0.5, 0.6) is 0 Å². The summed E-state index contributed by atoms with van der Waals surface area (Å²) >= 11 is 0. The molecule has 0 spiro atoms. The monoisotopic (exact) mass is 440 g/mol. The second kappa shape index (κ2) is 17.6. The van der Waals surface area contributed by atoms with Crippen molar-refractivity contribution in [2.75, 3.05) is 52.9 Å². The summed E-state index contributed by atoms with van der Waals surface area (Å²) in [5, 5.41) is 0. The topological polar surface area (TPSA) is 73.8 Å². The third-order valence-electron chi connectivity index (χ3n) is 3.25. The summed E-state index contributed by atoms with van der Waals surface area (Å²) in [6, 6.07) is 0. The molecular weight excluding hydrogens is 396 g/mol. The first-order valence-corrected chi connectivity index (χ1v) is 12.3. The standard InChI is InChI=1S/C20H44O8Si/c1-17(2)21-9-13-25-29(26-14-10-22-18(3)4,27-15-11-23-19(5)6)28-16-12-24-20(7)8/h17-20H,9-16H2,1-8H3. The van der Waals surface area contributed by atoms with Crippen molar-refractivity contribution in [3.63, 3.8) is 0 Å². The summed E-state index contributed by atoms with van der Waals surface area (Å²) in [7, 11) is -3.40. The molecule has 0 amide bonds. The molecular formula is C20H44O8Si. The molecule has 0 aliphatic heterocycles. The van der Waals surface area contributed by atoms with E-state index in [1.165, 1.54) is 0 Å². The molecule has 0 unspecified atom stereocenters. The van der Waals surface area contributed by atoms with Gasteiger partial charge in [0.25, 0.3) is 0 Å². The zero-order valence-electron chi connectivity index (χ0n) is 19.7. The van der Waals surface area contributed by atoms with E-state index in [1.807, 2.05) is 55.4 Å². The molecule has 0 radical (unpaired) electrons. The van der Waals surface area contributed by atoms with Gasteiger partial charge < -0.3 is 36.7 Å². The van der Waals surface area contributed by atoms with Crippen LogP contribution in [-0.2, 0) is 36.7 Å². The lowest BCUT2D eigenvalue weighted by molar-refractivity contribution is -0.0783. The minimum absolute atomic E-state index is 0.121. The minimum atomic E-state index is -3.40. The Labute approximate surface area is 178 Å². The number of rotatable bonds is 20. The third-order valence-corrected chi connectivity index (χ3v) is 5.48. The van der Waals surface area contributed by atoms with Gasteiger partial charge in [-0.05, 0) is 55.4 Å². The third kappa shape index (κ3) is 18.4. The van der Waals surface area contributed by atoms with E-state index >= 15 is 0 Å². The lowest BCUT2D eigenvalue weighted by Gasteiger charge is -2.28. The summed E-state index contributed by atoms with van der Waals surface area (Å²) in [6.07, 6.45) is 0.484. The van der Waals surface area contributed by atoms with Crippen LogP contribution in [0.15, 0.2) is 0 Å². The van der Waals surface area contributed by atoms with Crippen LogP contribution >= 0.6 is 0 Å². The van der Waals surface area contributed by atoms with Gasteiger partial charge in [0.05, 0.1) is 77.3 Å². The van der Waals surface area contributed by atoms with Gasteiger partial charge in [0.15, 0.2) is 0 Å². The van der Waals surface area contributed by atoms with Gasteiger partial charge in [-0.1, -0.05) is 0 Å². The minimum Gasteiger partial charge on any atom is -0.376 e. The summed E-state index contributed by atoms with van der Waals surface area (Å²) in [5.41, 5.74) is 0. The molecule has 0 atom stereocenters. The Morgan fingerprint density at radius 1 is 0.379 bits per heavy atom. The molecule has 9 heteroatoms. The van der Waals surface area contributed by atoms with Gasteiger partial charge in [0.1, 0.15) is 0 Å². The lowest BCUT2D eigenvalue weighted by atomic mass is 10.5. The highest BCUT2D eigenvalue weighted by Crippen LogP contribution is 2.13. The van der Waals surface area contributed by atoms with E-state index < -0.39 is 9.05 Å². The lowest BCUT2D eigenvalue weighted by Crippen LogP contribution is -2.51. The van der Waals surface area contributed by atoms with Crippen LogP contribution in [0.3, 0.4) is 0 Å². The molecule has 0 fully saturated rings. The fraction of sp³-hybridized carbons (Fsp3) is 1.00. The Balaban J connectivity index is 4.86. The van der Waals surface area contributed by atoms with Crippen LogP contribution < -0.4 is 0 Å². The van der Waals surface area contributed by atoms with Crippen molar-refractivity contribution < 1.29 is 36.7 Å². The van der Waals surface area contributed by atoms with Crippen molar-refractivity contribution in [1.29, 1.82) is 0 Å². The van der Waals surface area contributed by atoms with Crippen LogP contribution in [0.2, 0.25) is 0 Å². The van der Waals surface area contributed by atoms with Crippen LogP contribution in [0.1, 0.15) is 55.4 Å². The van der Waals surface area contributed by atoms with Crippen LogP contribution in [0.25, 0.3) is 0 Å². The van der Waals surface area contributed by atoms with Crippen molar-refractivity contribution in [3.05, 3.63) is 0 Å². The van der Waals surface area contributed by atoms with Gasteiger partial charge in [0.2, 0.25) is 0 Å². The quantitative estimate of drug-likeness (QED) is 0.211. The molecule has 0 rings (SSSR count). The molecule has 8 nitrogen and oxygen atoms in total. The molecule has 0 aromatic carbocycles. The van der Waals surface area contributed by atoms with E-state index in [-0.39, 0.29) is 24.4 Å². The van der Waals surface area contributed by atoms with Crippen LogP contribution in [-0.4, -0.2) is 86.3 Å². The maximum absolute atomic E-state index is 5.98. The molecule has 0 heterocycles. The molecule has 0 bridgehead atoms. The number of hydrogen-bond donors (Lipinski definition) is 0. The highest BCUT2D eigenvalue weighted by Gasteiger charge is 2.46. The van der Waals surface area contributed by atoms with Crippen molar-refractivity contribution in [2.45, 2.75) is 79.8 Å². The molecule has 0 aromatic rings. The summed E-state index contributed by atoms with van der Waals surface area (Å²) < 4.78 is 46.2. The predicted octanol–water partition coefficient (Wildman–Crippen LogP) is 3.19. The fourth-order valence-electron chi connectivity index (χ4n) is 2.05. The summed E-state index contributed by atoms with van der Waals surface area (Å²) in [4.78, 5) is 0. The zero-order valence-corrected chi connectivity index (χ0v) is 20.7. The first kappa shape index (κ1) is 28.9. The Bertz CT molecular complexity index is 297. The van der Waals surface area contributed by atoms with E-state index in [1.54, 1.807) is 0 Å². The molecule has 0 saturated carbocycles. The van der Waals surface area contributed by atoms with Gasteiger partial charge in [0, 0.05) is 0 Å². The smallest absolute Gasteiger partial charge is 0.376 e. The Morgan fingerprint density at radius 2 is 0.586 bits per heavy atom. The largest absolute Gasteiger partial charge is 0.680 e. The number of ether oxygens (including phenoxy) is 4. The van der Waals surface area contributed by atoms with E-state index in [2.05, 4.69) is 0 Å². The zero-order chi connectivity index (χ0) is 22.1. The maximum Gasteiger partial charge on any atom is 0.680 e. The average Bonchev–Trinajstić information content (AvgIpc) is 2.62. The van der Waals surface area contributed by atoms with E-state index in [4.69, 9.17) is 36.7 Å². The molecule has 0 aliphatic carbocycles. The highest BCUT2D eigenvalue weighted by molar-refractivity contribution is 6.53. The fourth-order valence-corrected chi connectivity index (χ4v) is 3.89. The second-order valence-electron chi connectivity index (χ2n) is 7.57. The van der Waals surface area contributed by atoms with Crippen molar-refractivity contribution in [3.8, 4) is 0 Å². The Hall–Kier alpha value is -0.103. The van der Waals surface area contributed by atoms with Gasteiger partial charge >= 0.3 is 9.05 Å². The predicted molar refractivity (Wildman–Crippen MR) is 114 cm³/mol. The highest BCUT2D eigenvalue weighted by atomic mass is 28.4. The molecule has 176 valence electrons. The number of hydrogen-bond acceptors (Lipinski definition) is 8. The normalized spacial score (nSPS) is 12.8. The van der Waals surface area contributed by atoms with Gasteiger partial charge in [-0.25, -0.2) is 0 Å². The molecule has 0 aliphatic rings. The Kier molecular flexibility index (Phi) is 17.5. The van der Waals surface area contributed by atoms with Gasteiger partial charge in [-0.2, -0.15) is 0 Å². The maximum atomic E-state index is 5.98. The van der Waals surface area contributed by atoms with Crippen LogP contribution in [0.4, 0.5) is 0 Å².